The van der Waals surface area contributed by atoms with Gasteiger partial charge in [0.25, 0.3) is 11.8 Å². The minimum Gasteiger partial charge on any atom is -0.483 e. The fourth-order valence-corrected chi connectivity index (χ4v) is 2.92. The van der Waals surface area contributed by atoms with Gasteiger partial charge in [-0.15, -0.1) is 0 Å². The molecule has 0 aliphatic heterocycles. The Morgan fingerprint density at radius 3 is 2.47 bits per heavy atom. The van der Waals surface area contributed by atoms with Crippen LogP contribution in [0.25, 0.3) is 0 Å². The first kappa shape index (κ1) is 21.2. The second kappa shape index (κ2) is 10.3. The highest BCUT2D eigenvalue weighted by atomic mass is 79.9. The third-order valence-corrected chi connectivity index (χ3v) is 4.48. The number of carbonyl (C=O) groups is 2. The van der Waals surface area contributed by atoms with Crippen LogP contribution in [0.4, 0.5) is 10.1 Å². The lowest BCUT2D eigenvalue weighted by atomic mass is 10.2. The van der Waals surface area contributed by atoms with Gasteiger partial charge in [-0.1, -0.05) is 18.2 Å². The molecule has 0 bridgehead atoms. The van der Waals surface area contributed by atoms with Gasteiger partial charge in [0.05, 0.1) is 10.7 Å². The summed E-state index contributed by atoms with van der Waals surface area (Å²) in [7, 11) is 0. The van der Waals surface area contributed by atoms with Crippen LogP contribution < -0.4 is 15.5 Å². The molecule has 3 aromatic carbocycles. The van der Waals surface area contributed by atoms with Gasteiger partial charge in [0, 0.05) is 11.3 Å². The van der Waals surface area contributed by atoms with Crippen LogP contribution in [-0.4, -0.2) is 24.6 Å². The van der Waals surface area contributed by atoms with E-state index in [1.54, 1.807) is 42.5 Å². The van der Waals surface area contributed by atoms with Crippen LogP contribution in [0.15, 0.2) is 82.4 Å². The number of hydrogen-bond acceptors (Lipinski definition) is 4. The van der Waals surface area contributed by atoms with E-state index in [1.807, 2.05) is 6.07 Å². The zero-order valence-electron chi connectivity index (χ0n) is 15.6. The van der Waals surface area contributed by atoms with Crippen molar-refractivity contribution in [2.24, 2.45) is 5.10 Å². The molecule has 3 rings (SSSR count). The van der Waals surface area contributed by atoms with Crippen molar-refractivity contribution >= 4 is 39.6 Å². The Hall–Kier alpha value is -3.52. The first-order valence-corrected chi connectivity index (χ1v) is 9.67. The minimum absolute atomic E-state index is 0.212. The molecule has 0 unspecified atom stereocenters. The van der Waals surface area contributed by atoms with Crippen molar-refractivity contribution in [3.05, 3.63) is 94.2 Å². The van der Waals surface area contributed by atoms with Gasteiger partial charge in [-0.2, -0.15) is 5.10 Å². The van der Waals surface area contributed by atoms with Crippen LogP contribution in [0.3, 0.4) is 0 Å². The molecule has 0 aliphatic carbocycles. The summed E-state index contributed by atoms with van der Waals surface area (Å²) in [5.74, 6) is -0.591. The van der Waals surface area contributed by atoms with Gasteiger partial charge < -0.3 is 10.1 Å². The maximum Gasteiger partial charge on any atom is 0.271 e. The Morgan fingerprint density at radius 1 is 1.03 bits per heavy atom. The highest BCUT2D eigenvalue weighted by Gasteiger charge is 2.07. The van der Waals surface area contributed by atoms with Crippen LogP contribution in [0.5, 0.6) is 5.75 Å². The topological polar surface area (TPSA) is 79.8 Å². The third kappa shape index (κ3) is 6.25. The van der Waals surface area contributed by atoms with Gasteiger partial charge in [0.2, 0.25) is 0 Å². The number of ether oxygens (including phenoxy) is 1. The van der Waals surface area contributed by atoms with Crippen LogP contribution in [0.2, 0.25) is 0 Å². The number of nitrogens with one attached hydrogen (secondary N) is 2. The quantitative estimate of drug-likeness (QED) is 0.398. The number of hydrogen-bond donors (Lipinski definition) is 2. The molecule has 8 heteroatoms. The summed E-state index contributed by atoms with van der Waals surface area (Å²) in [4.78, 5) is 23.9. The lowest BCUT2D eigenvalue weighted by molar-refractivity contribution is -0.118. The van der Waals surface area contributed by atoms with Gasteiger partial charge in [-0.05, 0) is 76.1 Å². The predicted octanol–water partition coefficient (Wildman–Crippen LogP) is 4.37. The van der Waals surface area contributed by atoms with Crippen LogP contribution in [-0.2, 0) is 4.79 Å². The second-order valence-electron chi connectivity index (χ2n) is 6.10. The van der Waals surface area contributed by atoms with Gasteiger partial charge in [-0.3, -0.25) is 9.59 Å². The number of amides is 2. The molecule has 0 radical (unpaired) electrons. The van der Waals surface area contributed by atoms with E-state index in [-0.39, 0.29) is 24.2 Å². The predicted molar refractivity (Wildman–Crippen MR) is 116 cm³/mol. The van der Waals surface area contributed by atoms with Gasteiger partial charge in [0.15, 0.2) is 6.61 Å². The Balaban J connectivity index is 1.51. The van der Waals surface area contributed by atoms with Crippen LogP contribution in [0, 0.1) is 5.82 Å². The Labute approximate surface area is 180 Å². The molecule has 0 atom stereocenters. The summed E-state index contributed by atoms with van der Waals surface area (Å²) in [6, 6.07) is 19.4. The molecular formula is C22H17BrFN3O3. The molecule has 6 nitrogen and oxygen atoms in total. The molecule has 0 heterocycles. The highest BCUT2D eigenvalue weighted by molar-refractivity contribution is 9.10. The lowest BCUT2D eigenvalue weighted by Gasteiger charge is -2.09. The van der Waals surface area contributed by atoms with Crippen molar-refractivity contribution in [1.82, 2.24) is 5.43 Å². The van der Waals surface area contributed by atoms with E-state index in [0.29, 0.717) is 21.5 Å². The lowest BCUT2D eigenvalue weighted by Crippen LogP contribution is -2.20. The summed E-state index contributed by atoms with van der Waals surface area (Å²) in [5, 5.41) is 6.55. The fraction of sp³-hybridized carbons (Fsp3) is 0.0455. The average Bonchev–Trinajstić information content (AvgIpc) is 2.75. The molecular weight excluding hydrogens is 453 g/mol. The van der Waals surface area contributed by atoms with Crippen molar-refractivity contribution < 1.29 is 18.7 Å². The van der Waals surface area contributed by atoms with Crippen molar-refractivity contribution in [3.63, 3.8) is 0 Å². The normalized spacial score (nSPS) is 10.6. The van der Waals surface area contributed by atoms with E-state index in [0.717, 1.165) is 5.56 Å². The SMILES string of the molecule is O=C(COc1ccc(/C=N/NC(=O)c2ccccc2)cc1Br)Nc1ccc(F)cc1. The summed E-state index contributed by atoms with van der Waals surface area (Å²) in [5.41, 5.74) is 4.17. The summed E-state index contributed by atoms with van der Waals surface area (Å²) in [6.07, 6.45) is 1.50. The second-order valence-corrected chi connectivity index (χ2v) is 6.95. The van der Waals surface area contributed by atoms with Gasteiger partial charge in [0.1, 0.15) is 11.6 Å². The third-order valence-electron chi connectivity index (χ3n) is 3.86. The first-order chi connectivity index (χ1) is 14.5. The molecule has 0 spiro atoms. The number of hydrazone groups is 1. The van der Waals surface area contributed by atoms with Gasteiger partial charge >= 0.3 is 0 Å². The van der Waals surface area contributed by atoms with E-state index in [9.17, 15) is 14.0 Å². The zero-order chi connectivity index (χ0) is 21.3. The molecule has 0 aliphatic rings. The van der Waals surface area contributed by atoms with Crippen molar-refractivity contribution in [2.45, 2.75) is 0 Å². The smallest absolute Gasteiger partial charge is 0.271 e. The van der Waals surface area contributed by atoms with E-state index in [1.165, 1.54) is 30.5 Å². The number of halogens is 2. The highest BCUT2D eigenvalue weighted by Crippen LogP contribution is 2.25. The van der Waals surface area contributed by atoms with Crippen LogP contribution in [0.1, 0.15) is 15.9 Å². The standard InChI is InChI=1S/C22H17BrFN3O3/c23-19-12-15(13-25-27-22(29)16-4-2-1-3-5-16)6-11-20(19)30-14-21(28)26-18-9-7-17(24)8-10-18/h1-13H,14H2,(H,26,28)(H,27,29)/b25-13+. The molecule has 2 amide bonds. The number of nitrogens with zero attached hydrogens (tertiary/aromatic N) is 1. The molecule has 0 fully saturated rings. The molecule has 0 saturated carbocycles. The molecule has 3 aromatic rings. The first-order valence-electron chi connectivity index (χ1n) is 8.87. The van der Waals surface area contributed by atoms with E-state index in [2.05, 4.69) is 31.8 Å². The minimum atomic E-state index is -0.378. The average molecular weight is 470 g/mol. The fourth-order valence-electron chi connectivity index (χ4n) is 2.41. The molecule has 0 saturated heterocycles. The van der Waals surface area contributed by atoms with E-state index in [4.69, 9.17) is 4.74 Å². The Morgan fingerprint density at radius 2 is 1.77 bits per heavy atom. The molecule has 2 N–H and O–H groups in total. The molecule has 30 heavy (non-hydrogen) atoms. The van der Waals surface area contributed by atoms with Crippen molar-refractivity contribution in [1.29, 1.82) is 0 Å². The summed E-state index contributed by atoms with van der Waals surface area (Å²) in [6.45, 7) is -0.212. The van der Waals surface area contributed by atoms with E-state index >= 15 is 0 Å². The largest absolute Gasteiger partial charge is 0.483 e. The Kier molecular flexibility index (Phi) is 7.29. The van der Waals surface area contributed by atoms with Crippen molar-refractivity contribution in [2.75, 3.05) is 11.9 Å². The maximum atomic E-state index is 12.9. The monoisotopic (exact) mass is 469 g/mol. The number of benzene rings is 3. The number of anilines is 1. The van der Waals surface area contributed by atoms with E-state index < -0.39 is 0 Å². The molecule has 152 valence electrons. The van der Waals surface area contributed by atoms with Gasteiger partial charge in [-0.25, -0.2) is 9.82 Å². The number of carbonyl (C=O) groups excluding carboxylic acids is 2. The zero-order valence-corrected chi connectivity index (χ0v) is 17.2. The summed E-state index contributed by atoms with van der Waals surface area (Å²) < 4.78 is 19.0. The Bertz CT molecular complexity index is 1060. The summed E-state index contributed by atoms with van der Waals surface area (Å²) >= 11 is 3.38. The van der Waals surface area contributed by atoms with Crippen molar-refractivity contribution in [3.8, 4) is 5.75 Å². The van der Waals surface area contributed by atoms with Crippen LogP contribution >= 0.6 is 15.9 Å². The molecule has 0 aromatic heterocycles. The number of rotatable bonds is 7. The maximum absolute atomic E-state index is 12.9.